The average Bonchev–Trinajstić information content (AvgIpc) is 3.02. The summed E-state index contributed by atoms with van der Waals surface area (Å²) in [5.41, 5.74) is 1.14. The molecule has 1 aromatic rings. The van der Waals surface area contributed by atoms with Gasteiger partial charge in [0.2, 0.25) is 0 Å². The summed E-state index contributed by atoms with van der Waals surface area (Å²) in [5.74, 6) is 1.99. The lowest BCUT2D eigenvalue weighted by Gasteiger charge is -2.02. The molecule has 3 rings (SSSR count). The normalized spacial score (nSPS) is 31.2. The minimum absolute atomic E-state index is 0.494. The maximum atomic E-state index is 5.58. The van der Waals surface area contributed by atoms with Crippen molar-refractivity contribution in [3.8, 4) is 0 Å². The van der Waals surface area contributed by atoms with Gasteiger partial charge in [-0.25, -0.2) is 4.98 Å². The molecule has 0 spiro atoms. The van der Waals surface area contributed by atoms with Gasteiger partial charge >= 0.3 is 0 Å². The summed E-state index contributed by atoms with van der Waals surface area (Å²) in [7, 11) is 0. The number of hydrogen-bond acceptors (Lipinski definition) is 4. The van der Waals surface area contributed by atoms with Gasteiger partial charge in [0.05, 0.1) is 5.69 Å². The first-order valence-corrected chi connectivity index (χ1v) is 5.80. The van der Waals surface area contributed by atoms with Crippen LogP contribution in [0.4, 0.5) is 0 Å². The van der Waals surface area contributed by atoms with Gasteiger partial charge in [0.1, 0.15) is 6.26 Å². The standard InChI is InChI=1S/C11H17N3O/c1-3-12-5-8(1)10-7-15-11(14-10)9-2-4-13-6-9/h7-9,12-13H,1-6H2. The lowest BCUT2D eigenvalue weighted by molar-refractivity contribution is 0.457. The molecule has 0 amide bonds. The Morgan fingerprint density at radius 2 is 1.87 bits per heavy atom. The molecule has 0 aliphatic carbocycles. The first-order valence-electron chi connectivity index (χ1n) is 5.80. The van der Waals surface area contributed by atoms with Crippen LogP contribution < -0.4 is 10.6 Å². The van der Waals surface area contributed by atoms with Crippen molar-refractivity contribution in [3.05, 3.63) is 17.8 Å². The van der Waals surface area contributed by atoms with E-state index in [9.17, 15) is 0 Å². The fraction of sp³-hybridized carbons (Fsp3) is 0.727. The quantitative estimate of drug-likeness (QED) is 0.754. The molecule has 15 heavy (non-hydrogen) atoms. The summed E-state index contributed by atoms with van der Waals surface area (Å²) in [4.78, 5) is 4.63. The number of hydrogen-bond donors (Lipinski definition) is 2. The predicted molar refractivity (Wildman–Crippen MR) is 57.0 cm³/mol. The van der Waals surface area contributed by atoms with E-state index < -0.39 is 0 Å². The number of aromatic nitrogens is 1. The van der Waals surface area contributed by atoms with Crippen LogP contribution in [0.3, 0.4) is 0 Å². The van der Waals surface area contributed by atoms with Crippen LogP contribution in [0.25, 0.3) is 0 Å². The highest BCUT2D eigenvalue weighted by atomic mass is 16.3. The van der Waals surface area contributed by atoms with Gasteiger partial charge in [-0.3, -0.25) is 0 Å². The van der Waals surface area contributed by atoms with Crippen molar-refractivity contribution in [1.82, 2.24) is 15.6 Å². The van der Waals surface area contributed by atoms with E-state index in [-0.39, 0.29) is 0 Å². The zero-order chi connectivity index (χ0) is 10.1. The molecule has 0 radical (unpaired) electrons. The third kappa shape index (κ3) is 1.79. The van der Waals surface area contributed by atoms with E-state index in [2.05, 4.69) is 15.6 Å². The summed E-state index contributed by atoms with van der Waals surface area (Å²) < 4.78 is 5.58. The number of nitrogens with one attached hydrogen (secondary N) is 2. The van der Waals surface area contributed by atoms with E-state index in [0.29, 0.717) is 11.8 Å². The van der Waals surface area contributed by atoms with Gasteiger partial charge < -0.3 is 15.1 Å². The molecule has 2 aliphatic rings. The Hall–Kier alpha value is -0.870. The van der Waals surface area contributed by atoms with Crippen molar-refractivity contribution in [2.45, 2.75) is 24.7 Å². The largest absolute Gasteiger partial charge is 0.448 e. The second kappa shape index (κ2) is 3.94. The Labute approximate surface area is 89.5 Å². The molecular formula is C11H17N3O. The Morgan fingerprint density at radius 1 is 1.13 bits per heavy atom. The number of rotatable bonds is 2. The minimum atomic E-state index is 0.494. The summed E-state index contributed by atoms with van der Waals surface area (Å²) in [6, 6.07) is 0. The van der Waals surface area contributed by atoms with Gasteiger partial charge in [0.25, 0.3) is 0 Å². The van der Waals surface area contributed by atoms with E-state index in [1.54, 1.807) is 0 Å². The predicted octanol–water partition coefficient (Wildman–Crippen LogP) is 0.828. The molecule has 2 unspecified atom stereocenters. The molecule has 2 atom stereocenters. The highest BCUT2D eigenvalue weighted by Gasteiger charge is 2.25. The summed E-state index contributed by atoms with van der Waals surface area (Å²) in [6.45, 7) is 4.27. The van der Waals surface area contributed by atoms with E-state index >= 15 is 0 Å². The Bertz CT molecular complexity index is 294. The first kappa shape index (κ1) is 9.36. The van der Waals surface area contributed by atoms with Gasteiger partial charge in [-0.2, -0.15) is 0 Å². The van der Waals surface area contributed by atoms with Crippen molar-refractivity contribution in [2.75, 3.05) is 26.2 Å². The maximum absolute atomic E-state index is 5.58. The zero-order valence-corrected chi connectivity index (χ0v) is 8.83. The number of nitrogens with zero attached hydrogens (tertiary/aromatic N) is 1. The van der Waals surface area contributed by atoms with Gasteiger partial charge in [-0.15, -0.1) is 0 Å². The van der Waals surface area contributed by atoms with Crippen LogP contribution in [0.2, 0.25) is 0 Å². The average molecular weight is 207 g/mol. The van der Waals surface area contributed by atoms with Crippen LogP contribution in [0, 0.1) is 0 Å². The molecule has 2 fully saturated rings. The second-order valence-corrected chi connectivity index (χ2v) is 4.49. The lowest BCUT2D eigenvalue weighted by Crippen LogP contribution is -2.09. The second-order valence-electron chi connectivity index (χ2n) is 4.49. The van der Waals surface area contributed by atoms with Crippen LogP contribution in [0.5, 0.6) is 0 Å². The van der Waals surface area contributed by atoms with E-state index in [0.717, 1.165) is 44.2 Å². The van der Waals surface area contributed by atoms with Gasteiger partial charge in [-0.1, -0.05) is 0 Å². The third-order valence-electron chi connectivity index (χ3n) is 3.43. The molecule has 1 aromatic heterocycles. The van der Waals surface area contributed by atoms with Crippen LogP contribution in [0.15, 0.2) is 10.7 Å². The Kier molecular flexibility index (Phi) is 2.46. The maximum Gasteiger partial charge on any atom is 0.198 e. The topological polar surface area (TPSA) is 50.1 Å². The van der Waals surface area contributed by atoms with Crippen molar-refractivity contribution >= 4 is 0 Å². The zero-order valence-electron chi connectivity index (χ0n) is 8.83. The van der Waals surface area contributed by atoms with Gasteiger partial charge in [0, 0.05) is 24.9 Å². The minimum Gasteiger partial charge on any atom is -0.448 e. The van der Waals surface area contributed by atoms with Crippen LogP contribution in [-0.2, 0) is 0 Å². The van der Waals surface area contributed by atoms with Gasteiger partial charge in [0.15, 0.2) is 5.89 Å². The summed E-state index contributed by atoms with van der Waals surface area (Å²) in [6.07, 6.45) is 4.20. The van der Waals surface area contributed by atoms with Crippen LogP contribution >= 0.6 is 0 Å². The third-order valence-corrected chi connectivity index (χ3v) is 3.43. The van der Waals surface area contributed by atoms with Crippen molar-refractivity contribution in [1.29, 1.82) is 0 Å². The molecule has 0 aromatic carbocycles. The fourth-order valence-corrected chi connectivity index (χ4v) is 2.45. The highest BCUT2D eigenvalue weighted by Crippen LogP contribution is 2.26. The molecule has 2 saturated heterocycles. The molecule has 2 N–H and O–H groups in total. The lowest BCUT2D eigenvalue weighted by atomic mass is 10.1. The molecular weight excluding hydrogens is 190 g/mol. The van der Waals surface area contributed by atoms with Crippen LogP contribution in [-0.4, -0.2) is 31.2 Å². The van der Waals surface area contributed by atoms with Crippen molar-refractivity contribution in [3.63, 3.8) is 0 Å². The van der Waals surface area contributed by atoms with Crippen molar-refractivity contribution < 1.29 is 4.42 Å². The van der Waals surface area contributed by atoms with E-state index in [1.807, 2.05) is 6.26 Å². The van der Waals surface area contributed by atoms with Crippen LogP contribution in [0.1, 0.15) is 36.3 Å². The SMILES string of the molecule is c1oc(C2CCNC2)nc1C1CCNC1. The molecule has 2 aliphatic heterocycles. The molecule has 4 heteroatoms. The van der Waals surface area contributed by atoms with E-state index in [4.69, 9.17) is 4.42 Å². The summed E-state index contributed by atoms with van der Waals surface area (Å²) >= 11 is 0. The Morgan fingerprint density at radius 3 is 2.53 bits per heavy atom. The molecule has 4 nitrogen and oxygen atoms in total. The first-order chi connectivity index (χ1) is 7.43. The number of oxazole rings is 1. The van der Waals surface area contributed by atoms with Gasteiger partial charge in [-0.05, 0) is 25.9 Å². The smallest absolute Gasteiger partial charge is 0.198 e. The molecule has 0 saturated carbocycles. The fourth-order valence-electron chi connectivity index (χ4n) is 2.45. The molecule has 3 heterocycles. The highest BCUT2D eigenvalue weighted by molar-refractivity contribution is 5.10. The Balaban J connectivity index is 1.74. The monoisotopic (exact) mass is 207 g/mol. The summed E-state index contributed by atoms with van der Waals surface area (Å²) in [5, 5.41) is 6.69. The molecule has 0 bridgehead atoms. The van der Waals surface area contributed by atoms with E-state index in [1.165, 1.54) is 6.42 Å². The molecule has 82 valence electrons. The van der Waals surface area contributed by atoms with Crippen molar-refractivity contribution in [2.24, 2.45) is 0 Å².